The van der Waals surface area contributed by atoms with Gasteiger partial charge in [0, 0.05) is 18.5 Å². The fourth-order valence-corrected chi connectivity index (χ4v) is 4.99. The van der Waals surface area contributed by atoms with Gasteiger partial charge >= 0.3 is 6.09 Å². The fourth-order valence-electron chi connectivity index (χ4n) is 4.34. The maximum Gasteiger partial charge on any atom is 0.407 e. The minimum atomic E-state index is -0.819. The summed E-state index contributed by atoms with van der Waals surface area (Å²) in [5, 5.41) is 15.1. The van der Waals surface area contributed by atoms with E-state index in [9.17, 15) is 9.90 Å². The number of carboxylic acid groups (broad SMARTS) is 1. The number of rotatable bonds is 2. The molecular formula is C19H18IN5O2. The van der Waals surface area contributed by atoms with Gasteiger partial charge in [-0.15, -0.1) is 0 Å². The molecule has 8 heteroatoms. The van der Waals surface area contributed by atoms with Gasteiger partial charge in [-0.05, 0) is 53.6 Å². The molecule has 2 bridgehead atoms. The summed E-state index contributed by atoms with van der Waals surface area (Å²) in [5.41, 5.74) is 3.21. The van der Waals surface area contributed by atoms with Crippen LogP contribution in [-0.2, 0) is 0 Å². The van der Waals surface area contributed by atoms with Crippen molar-refractivity contribution in [3.63, 3.8) is 0 Å². The van der Waals surface area contributed by atoms with E-state index >= 15 is 0 Å². The van der Waals surface area contributed by atoms with Gasteiger partial charge in [0.2, 0.25) is 0 Å². The number of amides is 1. The molecule has 138 valence electrons. The highest BCUT2D eigenvalue weighted by Crippen LogP contribution is 2.34. The second-order valence-electron chi connectivity index (χ2n) is 7.18. The van der Waals surface area contributed by atoms with Crippen LogP contribution in [0, 0.1) is 10.6 Å². The number of piperazine rings is 1. The minimum Gasteiger partial charge on any atom is -0.465 e. The number of halogens is 1. The highest BCUT2D eigenvalue weighted by Gasteiger charge is 2.45. The maximum atomic E-state index is 11.3. The molecule has 2 saturated heterocycles. The van der Waals surface area contributed by atoms with Gasteiger partial charge in [0.1, 0.15) is 9.52 Å². The summed E-state index contributed by atoms with van der Waals surface area (Å²) >= 11 is 2.27. The molecule has 0 aliphatic carbocycles. The second kappa shape index (κ2) is 6.08. The number of nitrogens with zero attached hydrogens (tertiary/aromatic N) is 5. The largest absolute Gasteiger partial charge is 0.465 e. The van der Waals surface area contributed by atoms with Gasteiger partial charge in [0.25, 0.3) is 0 Å². The van der Waals surface area contributed by atoms with Crippen LogP contribution in [0.5, 0.6) is 0 Å². The molecule has 0 unspecified atom stereocenters. The van der Waals surface area contributed by atoms with Crippen molar-refractivity contribution in [2.24, 2.45) is 0 Å². The number of aromatic nitrogens is 3. The Morgan fingerprint density at radius 2 is 2.07 bits per heavy atom. The van der Waals surface area contributed by atoms with Crippen LogP contribution in [-0.4, -0.2) is 56.0 Å². The predicted molar refractivity (Wildman–Crippen MR) is 111 cm³/mol. The van der Waals surface area contributed by atoms with Crippen molar-refractivity contribution in [1.29, 1.82) is 0 Å². The molecule has 0 spiro atoms. The van der Waals surface area contributed by atoms with Crippen molar-refractivity contribution in [2.45, 2.75) is 25.4 Å². The van der Waals surface area contributed by atoms with E-state index in [1.54, 1.807) is 4.90 Å². The molecule has 1 N–H and O–H groups in total. The summed E-state index contributed by atoms with van der Waals surface area (Å²) < 4.78 is 2.92. The molecule has 7 nitrogen and oxygen atoms in total. The Labute approximate surface area is 169 Å². The standard InChI is InChI=1S/C19H18IN5O2/c1-11-3-2-4-15-17(11)25(22-18(15)20)12-5-6-16(21-8-12)23-9-14-7-13(23)10-24(14)19(26)27/h2-6,8,13-14H,7,9-10H2,1H3,(H,26,27)/t13-,14-/m0/s1. The number of fused-ring (bicyclic) bond motifs is 3. The first-order valence-electron chi connectivity index (χ1n) is 8.89. The molecule has 2 aromatic heterocycles. The molecule has 2 fully saturated rings. The summed E-state index contributed by atoms with van der Waals surface area (Å²) in [6, 6.07) is 10.6. The summed E-state index contributed by atoms with van der Waals surface area (Å²) in [7, 11) is 0. The van der Waals surface area contributed by atoms with E-state index in [2.05, 4.69) is 57.6 Å². The third kappa shape index (κ3) is 2.57. The predicted octanol–water partition coefficient (Wildman–Crippen LogP) is 3.27. The van der Waals surface area contributed by atoms with Crippen LogP contribution in [0.1, 0.15) is 12.0 Å². The van der Waals surface area contributed by atoms with Crippen molar-refractivity contribution in [3.8, 4) is 5.69 Å². The van der Waals surface area contributed by atoms with Crippen LogP contribution < -0.4 is 4.90 Å². The van der Waals surface area contributed by atoms with Gasteiger partial charge in [-0.3, -0.25) is 0 Å². The summed E-state index contributed by atoms with van der Waals surface area (Å²) in [6.45, 7) is 3.36. The van der Waals surface area contributed by atoms with Crippen molar-refractivity contribution < 1.29 is 9.90 Å². The summed E-state index contributed by atoms with van der Waals surface area (Å²) in [6.07, 6.45) is 1.92. The van der Waals surface area contributed by atoms with E-state index in [1.807, 2.05) is 23.0 Å². The molecule has 27 heavy (non-hydrogen) atoms. The summed E-state index contributed by atoms with van der Waals surface area (Å²) in [5.74, 6) is 0.902. The molecule has 2 aliphatic heterocycles. The Hall–Kier alpha value is -2.36. The second-order valence-corrected chi connectivity index (χ2v) is 8.20. The zero-order chi connectivity index (χ0) is 18.7. The van der Waals surface area contributed by atoms with Crippen molar-refractivity contribution in [2.75, 3.05) is 18.0 Å². The van der Waals surface area contributed by atoms with Crippen LogP contribution in [0.25, 0.3) is 16.6 Å². The van der Waals surface area contributed by atoms with Gasteiger partial charge in [-0.25, -0.2) is 14.5 Å². The molecule has 2 atom stereocenters. The fraction of sp³-hybridized carbons (Fsp3) is 0.316. The third-order valence-electron chi connectivity index (χ3n) is 5.62. The Kier molecular flexibility index (Phi) is 3.78. The van der Waals surface area contributed by atoms with Crippen molar-refractivity contribution in [1.82, 2.24) is 19.7 Å². The van der Waals surface area contributed by atoms with E-state index in [4.69, 9.17) is 5.10 Å². The first-order chi connectivity index (χ1) is 13.0. The van der Waals surface area contributed by atoms with Crippen LogP contribution in [0.3, 0.4) is 0 Å². The van der Waals surface area contributed by atoms with E-state index in [-0.39, 0.29) is 12.1 Å². The number of anilines is 1. The lowest BCUT2D eigenvalue weighted by Crippen LogP contribution is -2.48. The number of likely N-dealkylation sites (tertiary alicyclic amines) is 1. The maximum absolute atomic E-state index is 11.3. The first kappa shape index (κ1) is 16.8. The Balaban J connectivity index is 1.45. The van der Waals surface area contributed by atoms with Gasteiger partial charge in [-0.2, -0.15) is 5.10 Å². The van der Waals surface area contributed by atoms with Gasteiger partial charge in [0.05, 0.1) is 29.5 Å². The quantitative estimate of drug-likeness (QED) is 0.577. The van der Waals surface area contributed by atoms with Gasteiger partial charge < -0.3 is 14.9 Å². The highest BCUT2D eigenvalue weighted by molar-refractivity contribution is 14.1. The van der Waals surface area contributed by atoms with Crippen molar-refractivity contribution in [3.05, 3.63) is 45.8 Å². The number of hydrogen-bond acceptors (Lipinski definition) is 4. The topological polar surface area (TPSA) is 74.5 Å². The van der Waals surface area contributed by atoms with Crippen molar-refractivity contribution >= 4 is 45.4 Å². The van der Waals surface area contributed by atoms with Gasteiger partial charge in [0.15, 0.2) is 0 Å². The minimum absolute atomic E-state index is 0.0771. The molecule has 4 heterocycles. The van der Waals surface area contributed by atoms with E-state index in [0.717, 1.165) is 32.5 Å². The summed E-state index contributed by atoms with van der Waals surface area (Å²) in [4.78, 5) is 19.7. The normalized spacial score (nSPS) is 21.4. The molecule has 0 radical (unpaired) electrons. The van der Waals surface area contributed by atoms with E-state index in [1.165, 1.54) is 5.56 Å². The number of hydrogen-bond donors (Lipinski definition) is 1. The number of benzene rings is 1. The SMILES string of the molecule is Cc1cccc2c(I)nn(-c3ccc(N4C[C@@H]5C[C@H]4CN5C(=O)O)nc3)c12. The van der Waals surface area contributed by atoms with Crippen LogP contribution in [0.15, 0.2) is 36.5 Å². The number of aryl methyl sites for hydroxylation is 1. The van der Waals surface area contributed by atoms with Crippen LogP contribution in [0.4, 0.5) is 10.6 Å². The lowest BCUT2D eigenvalue weighted by Gasteiger charge is -2.33. The number of para-hydroxylation sites is 1. The monoisotopic (exact) mass is 475 g/mol. The lowest BCUT2D eigenvalue weighted by atomic mass is 10.2. The third-order valence-corrected chi connectivity index (χ3v) is 6.41. The Bertz CT molecular complexity index is 1050. The number of pyridine rings is 1. The smallest absolute Gasteiger partial charge is 0.407 e. The molecular weight excluding hydrogens is 457 g/mol. The molecule has 3 aromatic rings. The lowest BCUT2D eigenvalue weighted by molar-refractivity contribution is 0.137. The number of carbonyl (C=O) groups is 1. The van der Waals surface area contributed by atoms with E-state index in [0.29, 0.717) is 13.1 Å². The molecule has 1 aromatic carbocycles. The Morgan fingerprint density at radius 3 is 2.74 bits per heavy atom. The first-order valence-corrected chi connectivity index (χ1v) is 9.97. The average Bonchev–Trinajstić information content (AvgIpc) is 3.35. The molecule has 2 aliphatic rings. The van der Waals surface area contributed by atoms with Crippen LogP contribution in [0.2, 0.25) is 0 Å². The molecule has 0 saturated carbocycles. The van der Waals surface area contributed by atoms with Crippen LogP contribution >= 0.6 is 22.6 Å². The van der Waals surface area contributed by atoms with E-state index < -0.39 is 6.09 Å². The zero-order valence-electron chi connectivity index (χ0n) is 14.7. The highest BCUT2D eigenvalue weighted by atomic mass is 127. The molecule has 5 rings (SSSR count). The average molecular weight is 475 g/mol. The zero-order valence-corrected chi connectivity index (χ0v) is 16.9. The van der Waals surface area contributed by atoms with Gasteiger partial charge in [-0.1, -0.05) is 18.2 Å². The Morgan fingerprint density at radius 1 is 1.22 bits per heavy atom. The molecule has 1 amide bonds.